The normalized spacial score (nSPS) is 20.8. The Morgan fingerprint density at radius 3 is 2.82 bits per heavy atom. The van der Waals surface area contributed by atoms with Crippen LogP contribution in [0.4, 0.5) is 5.69 Å². The summed E-state index contributed by atoms with van der Waals surface area (Å²) in [5.41, 5.74) is 1.14. The Morgan fingerprint density at radius 2 is 2.12 bits per heavy atom. The van der Waals surface area contributed by atoms with Crippen molar-refractivity contribution < 1.29 is 9.53 Å². The number of carbonyl (C=O) groups is 1. The lowest BCUT2D eigenvalue weighted by atomic mass is 10.1. The molecule has 3 rings (SSSR count). The predicted molar refractivity (Wildman–Crippen MR) is 69.8 cm³/mol. The summed E-state index contributed by atoms with van der Waals surface area (Å²) in [5.74, 6) is 1.71. The summed E-state index contributed by atoms with van der Waals surface area (Å²) in [5, 5.41) is 0. The fourth-order valence-electron chi connectivity index (χ4n) is 2.21. The highest BCUT2D eigenvalue weighted by atomic mass is 32.1. The zero-order valence-electron chi connectivity index (χ0n) is 9.56. The van der Waals surface area contributed by atoms with Crippen LogP contribution in [0.25, 0.3) is 0 Å². The van der Waals surface area contributed by atoms with Gasteiger partial charge in [-0.1, -0.05) is 12.1 Å². The summed E-state index contributed by atoms with van der Waals surface area (Å²) >= 11 is 4.39. The molecule has 0 atom stereocenters. The van der Waals surface area contributed by atoms with Gasteiger partial charge in [0.15, 0.2) is 6.61 Å². The number of amides is 1. The lowest BCUT2D eigenvalue weighted by molar-refractivity contribution is -0.121. The molecular formula is C13H15NO2S. The summed E-state index contributed by atoms with van der Waals surface area (Å²) in [4.78, 5) is 13.8. The summed E-state index contributed by atoms with van der Waals surface area (Å²) in [6.07, 6.45) is 2.34. The highest BCUT2D eigenvalue weighted by molar-refractivity contribution is 7.80. The van der Waals surface area contributed by atoms with Gasteiger partial charge in [0, 0.05) is 6.54 Å². The van der Waals surface area contributed by atoms with Crippen molar-refractivity contribution in [1.82, 2.24) is 0 Å². The Morgan fingerprint density at radius 1 is 1.35 bits per heavy atom. The fourth-order valence-corrected chi connectivity index (χ4v) is 2.62. The minimum atomic E-state index is 0.0526. The zero-order valence-corrected chi connectivity index (χ0v) is 10.5. The maximum absolute atomic E-state index is 12.0. The summed E-state index contributed by atoms with van der Waals surface area (Å²) < 4.78 is 5.42. The van der Waals surface area contributed by atoms with Crippen LogP contribution >= 0.6 is 12.6 Å². The molecular weight excluding hydrogens is 234 g/mol. The number of hydrogen-bond acceptors (Lipinski definition) is 3. The van der Waals surface area contributed by atoms with Gasteiger partial charge in [-0.05, 0) is 36.1 Å². The lowest BCUT2D eigenvalue weighted by Crippen LogP contribution is -2.42. The standard InChI is InChI=1S/C13H15NO2S/c15-12-7-16-11-4-2-1-3-10(11)14(12)8-13(9-17)5-6-13/h1-4,17H,5-9H2. The van der Waals surface area contributed by atoms with Crippen LogP contribution < -0.4 is 9.64 Å². The van der Waals surface area contributed by atoms with E-state index in [9.17, 15) is 4.79 Å². The average Bonchev–Trinajstić information content (AvgIpc) is 3.14. The van der Waals surface area contributed by atoms with Gasteiger partial charge in [-0.2, -0.15) is 12.6 Å². The molecule has 1 aromatic carbocycles. The number of para-hydroxylation sites is 2. The van der Waals surface area contributed by atoms with Gasteiger partial charge in [-0.25, -0.2) is 0 Å². The largest absolute Gasteiger partial charge is 0.482 e. The van der Waals surface area contributed by atoms with E-state index in [4.69, 9.17) is 4.74 Å². The van der Waals surface area contributed by atoms with Crippen LogP contribution in [0.5, 0.6) is 5.75 Å². The number of nitrogens with zero attached hydrogens (tertiary/aromatic N) is 1. The fraction of sp³-hybridized carbons (Fsp3) is 0.462. The molecule has 0 bridgehead atoms. The predicted octanol–water partition coefficient (Wildman–Crippen LogP) is 2.12. The molecule has 0 radical (unpaired) electrons. The number of thiol groups is 1. The molecule has 2 aliphatic rings. The third kappa shape index (κ3) is 1.90. The number of ether oxygens (including phenoxy) is 1. The molecule has 0 spiro atoms. The van der Waals surface area contributed by atoms with Gasteiger partial charge >= 0.3 is 0 Å². The number of carbonyl (C=O) groups excluding carboxylic acids is 1. The first-order valence-electron chi connectivity index (χ1n) is 5.87. The Labute approximate surface area is 106 Å². The number of fused-ring (bicyclic) bond motifs is 1. The van der Waals surface area contributed by atoms with Crippen molar-refractivity contribution in [2.24, 2.45) is 5.41 Å². The van der Waals surface area contributed by atoms with Crippen LogP contribution in [0.15, 0.2) is 24.3 Å². The van der Waals surface area contributed by atoms with Crippen molar-refractivity contribution in [3.8, 4) is 5.75 Å². The zero-order chi connectivity index (χ0) is 11.9. The first-order valence-corrected chi connectivity index (χ1v) is 6.50. The first kappa shape index (κ1) is 11.0. The lowest BCUT2D eigenvalue weighted by Gasteiger charge is -2.32. The number of benzene rings is 1. The van der Waals surface area contributed by atoms with Crippen molar-refractivity contribution in [3.05, 3.63) is 24.3 Å². The quantitative estimate of drug-likeness (QED) is 0.832. The highest BCUT2D eigenvalue weighted by Gasteiger charge is 2.44. The third-order valence-corrected chi connectivity index (χ3v) is 4.27. The summed E-state index contributed by atoms with van der Waals surface area (Å²) in [6, 6.07) is 7.72. The molecule has 0 aromatic heterocycles. The molecule has 0 N–H and O–H groups in total. The monoisotopic (exact) mass is 249 g/mol. The maximum atomic E-state index is 12.0. The molecule has 1 aliphatic heterocycles. The van der Waals surface area contributed by atoms with E-state index in [2.05, 4.69) is 12.6 Å². The number of anilines is 1. The summed E-state index contributed by atoms with van der Waals surface area (Å²) in [6.45, 7) is 0.926. The first-order chi connectivity index (χ1) is 8.24. The van der Waals surface area contributed by atoms with Crippen LogP contribution in [0.2, 0.25) is 0 Å². The summed E-state index contributed by atoms with van der Waals surface area (Å²) in [7, 11) is 0. The van der Waals surface area contributed by atoms with E-state index >= 15 is 0 Å². The molecule has 1 saturated carbocycles. The van der Waals surface area contributed by atoms with E-state index in [1.54, 1.807) is 0 Å². The van der Waals surface area contributed by atoms with Crippen molar-refractivity contribution in [2.45, 2.75) is 12.8 Å². The van der Waals surface area contributed by atoms with Crippen LogP contribution in [-0.2, 0) is 4.79 Å². The molecule has 4 heteroatoms. The van der Waals surface area contributed by atoms with E-state index in [-0.39, 0.29) is 17.9 Å². The van der Waals surface area contributed by atoms with Crippen molar-refractivity contribution >= 4 is 24.2 Å². The second-order valence-corrected chi connectivity index (χ2v) is 5.21. The van der Waals surface area contributed by atoms with Crippen molar-refractivity contribution in [1.29, 1.82) is 0 Å². The Kier molecular flexibility index (Phi) is 2.54. The molecule has 90 valence electrons. The third-order valence-electron chi connectivity index (χ3n) is 3.59. The minimum Gasteiger partial charge on any atom is -0.482 e. The molecule has 1 aromatic rings. The Balaban J connectivity index is 1.90. The molecule has 1 fully saturated rings. The van der Waals surface area contributed by atoms with Gasteiger partial charge in [0.2, 0.25) is 0 Å². The Bertz CT molecular complexity index is 456. The number of hydrogen-bond donors (Lipinski definition) is 1. The van der Waals surface area contributed by atoms with E-state index in [1.165, 1.54) is 12.8 Å². The Hall–Kier alpha value is -1.16. The molecule has 3 nitrogen and oxygen atoms in total. The number of rotatable bonds is 3. The van der Waals surface area contributed by atoms with Gasteiger partial charge in [-0.15, -0.1) is 0 Å². The highest BCUT2D eigenvalue weighted by Crippen LogP contribution is 2.48. The van der Waals surface area contributed by atoms with Crippen LogP contribution in [0.3, 0.4) is 0 Å². The SMILES string of the molecule is O=C1COc2ccccc2N1CC1(CS)CC1. The van der Waals surface area contributed by atoms with Crippen LogP contribution in [0.1, 0.15) is 12.8 Å². The molecule has 17 heavy (non-hydrogen) atoms. The van der Waals surface area contributed by atoms with E-state index < -0.39 is 0 Å². The van der Waals surface area contributed by atoms with E-state index in [0.717, 1.165) is 23.7 Å². The van der Waals surface area contributed by atoms with Crippen LogP contribution in [-0.4, -0.2) is 24.8 Å². The topological polar surface area (TPSA) is 29.5 Å². The smallest absolute Gasteiger partial charge is 0.265 e. The van der Waals surface area contributed by atoms with Crippen molar-refractivity contribution in [2.75, 3.05) is 23.8 Å². The van der Waals surface area contributed by atoms with Gasteiger partial charge in [0.25, 0.3) is 5.91 Å². The molecule has 1 aliphatic carbocycles. The molecule has 1 amide bonds. The van der Waals surface area contributed by atoms with Gasteiger partial charge in [-0.3, -0.25) is 4.79 Å². The van der Waals surface area contributed by atoms with Crippen molar-refractivity contribution in [3.63, 3.8) is 0 Å². The molecule has 0 saturated heterocycles. The van der Waals surface area contributed by atoms with Gasteiger partial charge < -0.3 is 9.64 Å². The average molecular weight is 249 g/mol. The minimum absolute atomic E-state index is 0.0526. The molecule has 0 unspecified atom stereocenters. The van der Waals surface area contributed by atoms with Gasteiger partial charge in [0.05, 0.1) is 5.69 Å². The van der Waals surface area contributed by atoms with E-state index in [1.807, 2.05) is 29.2 Å². The van der Waals surface area contributed by atoms with Crippen LogP contribution in [0, 0.1) is 5.41 Å². The second-order valence-electron chi connectivity index (χ2n) is 4.89. The maximum Gasteiger partial charge on any atom is 0.265 e. The second kappa shape index (κ2) is 3.95. The van der Waals surface area contributed by atoms with Gasteiger partial charge in [0.1, 0.15) is 5.75 Å². The molecule has 1 heterocycles. The van der Waals surface area contributed by atoms with E-state index in [0.29, 0.717) is 0 Å².